The van der Waals surface area contributed by atoms with E-state index in [1.165, 1.54) is 5.56 Å². The summed E-state index contributed by atoms with van der Waals surface area (Å²) in [7, 11) is 0. The van der Waals surface area contributed by atoms with Gasteiger partial charge >= 0.3 is 0 Å². The predicted octanol–water partition coefficient (Wildman–Crippen LogP) is 1.39. The fourth-order valence-corrected chi connectivity index (χ4v) is 1.06. The molecule has 1 aromatic rings. The first-order valence-electron chi connectivity index (χ1n) is 4.30. The molecule has 0 saturated heterocycles. The highest BCUT2D eigenvalue weighted by Crippen LogP contribution is 2.14. The van der Waals surface area contributed by atoms with Gasteiger partial charge in [-0.25, -0.2) is 0 Å². The molecule has 0 amide bonds. The third-order valence-corrected chi connectivity index (χ3v) is 1.76. The van der Waals surface area contributed by atoms with Crippen LogP contribution in [0.25, 0.3) is 0 Å². The van der Waals surface area contributed by atoms with E-state index in [1.807, 2.05) is 19.1 Å². The highest BCUT2D eigenvalue weighted by atomic mass is 16.5. The molecule has 12 heavy (non-hydrogen) atoms. The summed E-state index contributed by atoms with van der Waals surface area (Å²) in [5.41, 5.74) is 5.19. The van der Waals surface area contributed by atoms with E-state index >= 15 is 0 Å². The van der Waals surface area contributed by atoms with Crippen LogP contribution in [0.1, 0.15) is 25.5 Å². The number of benzene rings is 1. The van der Waals surface area contributed by atoms with E-state index in [1.54, 1.807) is 0 Å². The molecule has 2 nitrogen and oxygen atoms in total. The summed E-state index contributed by atoms with van der Waals surface area (Å²) in [5, 5.41) is 0. The van der Waals surface area contributed by atoms with Crippen LogP contribution < -0.4 is 10.5 Å². The van der Waals surface area contributed by atoms with Crippen molar-refractivity contribution >= 4 is 0 Å². The van der Waals surface area contributed by atoms with E-state index in [9.17, 15) is 0 Å². The number of hydrogen-bond acceptors (Lipinski definition) is 1. The molecule has 0 aliphatic rings. The average molecular weight is 166 g/mol. The molecule has 0 heterocycles. The molecule has 0 aromatic heterocycles. The van der Waals surface area contributed by atoms with Crippen molar-refractivity contribution in [2.45, 2.75) is 19.9 Å². The Morgan fingerprint density at radius 1 is 1.33 bits per heavy atom. The highest BCUT2D eigenvalue weighted by molar-refractivity contribution is 5.27. The van der Waals surface area contributed by atoms with Crippen LogP contribution in [0.5, 0.6) is 5.75 Å². The first-order chi connectivity index (χ1) is 5.74. The number of quaternary nitrogens is 1. The van der Waals surface area contributed by atoms with Gasteiger partial charge in [-0.05, 0) is 38.1 Å². The van der Waals surface area contributed by atoms with Gasteiger partial charge in [0.1, 0.15) is 11.8 Å². The molecule has 3 N–H and O–H groups in total. The zero-order chi connectivity index (χ0) is 8.97. The van der Waals surface area contributed by atoms with E-state index in [2.05, 4.69) is 24.8 Å². The Hall–Kier alpha value is -1.02. The normalized spacial score (nSPS) is 12.6. The van der Waals surface area contributed by atoms with Gasteiger partial charge in [-0.15, -0.1) is 0 Å². The molecule has 0 unspecified atom stereocenters. The molecular formula is C10H16NO+. The second-order valence-electron chi connectivity index (χ2n) is 2.90. The van der Waals surface area contributed by atoms with Gasteiger partial charge in [0.25, 0.3) is 0 Å². The zero-order valence-electron chi connectivity index (χ0n) is 7.71. The summed E-state index contributed by atoms with van der Waals surface area (Å²) >= 11 is 0. The van der Waals surface area contributed by atoms with Crippen molar-refractivity contribution in [3.8, 4) is 5.75 Å². The molecule has 0 aliphatic heterocycles. The summed E-state index contributed by atoms with van der Waals surface area (Å²) in [6, 6.07) is 8.44. The van der Waals surface area contributed by atoms with Gasteiger partial charge in [-0.1, -0.05) is 0 Å². The van der Waals surface area contributed by atoms with Crippen molar-refractivity contribution in [2.24, 2.45) is 0 Å². The third kappa shape index (κ3) is 2.24. The van der Waals surface area contributed by atoms with E-state index < -0.39 is 0 Å². The van der Waals surface area contributed by atoms with Crippen LogP contribution >= 0.6 is 0 Å². The van der Waals surface area contributed by atoms with E-state index in [0.29, 0.717) is 6.04 Å². The topological polar surface area (TPSA) is 36.9 Å². The monoisotopic (exact) mass is 166 g/mol. The summed E-state index contributed by atoms with van der Waals surface area (Å²) < 4.78 is 5.32. The second kappa shape index (κ2) is 4.12. The average Bonchev–Trinajstić information content (AvgIpc) is 2.06. The van der Waals surface area contributed by atoms with Crippen LogP contribution in [0.15, 0.2) is 24.3 Å². The van der Waals surface area contributed by atoms with Crippen molar-refractivity contribution in [1.29, 1.82) is 0 Å². The van der Waals surface area contributed by atoms with Crippen molar-refractivity contribution in [3.05, 3.63) is 29.8 Å². The van der Waals surface area contributed by atoms with Crippen LogP contribution in [-0.2, 0) is 0 Å². The predicted molar refractivity (Wildman–Crippen MR) is 48.9 cm³/mol. The van der Waals surface area contributed by atoms with E-state index in [0.717, 1.165) is 12.4 Å². The number of hydrogen-bond donors (Lipinski definition) is 1. The van der Waals surface area contributed by atoms with Gasteiger partial charge in [0.15, 0.2) is 0 Å². The Morgan fingerprint density at radius 2 is 1.92 bits per heavy atom. The SMILES string of the molecule is CCOc1ccc([C@@H](C)[NH3+])cc1. The summed E-state index contributed by atoms with van der Waals surface area (Å²) in [6.07, 6.45) is 0. The Bertz CT molecular complexity index is 228. The lowest BCUT2D eigenvalue weighted by atomic mass is 10.1. The summed E-state index contributed by atoms with van der Waals surface area (Å²) in [5.74, 6) is 0.932. The Balaban J connectivity index is 2.71. The second-order valence-corrected chi connectivity index (χ2v) is 2.90. The van der Waals surface area contributed by atoms with Crippen LogP contribution in [0, 0.1) is 0 Å². The molecule has 0 bridgehead atoms. The fraction of sp³-hybridized carbons (Fsp3) is 0.400. The van der Waals surface area contributed by atoms with Crippen molar-refractivity contribution in [3.63, 3.8) is 0 Å². The van der Waals surface area contributed by atoms with E-state index in [-0.39, 0.29) is 0 Å². The Labute approximate surface area is 73.3 Å². The molecule has 66 valence electrons. The minimum atomic E-state index is 0.348. The highest BCUT2D eigenvalue weighted by Gasteiger charge is 2.01. The largest absolute Gasteiger partial charge is 0.494 e. The number of rotatable bonds is 3. The Morgan fingerprint density at radius 3 is 2.33 bits per heavy atom. The molecule has 1 rings (SSSR count). The van der Waals surface area contributed by atoms with E-state index in [4.69, 9.17) is 4.74 Å². The maximum absolute atomic E-state index is 5.32. The van der Waals surface area contributed by atoms with Gasteiger partial charge in [0, 0.05) is 5.56 Å². The first-order valence-corrected chi connectivity index (χ1v) is 4.30. The molecule has 2 heteroatoms. The van der Waals surface area contributed by atoms with Crippen LogP contribution in [0.2, 0.25) is 0 Å². The molecular weight excluding hydrogens is 150 g/mol. The zero-order valence-corrected chi connectivity index (χ0v) is 7.71. The van der Waals surface area contributed by atoms with Crippen molar-refractivity contribution in [1.82, 2.24) is 0 Å². The Kier molecular flexibility index (Phi) is 3.11. The quantitative estimate of drug-likeness (QED) is 0.723. The van der Waals surface area contributed by atoms with Crippen LogP contribution in [0.3, 0.4) is 0 Å². The molecule has 0 fully saturated rings. The lowest BCUT2D eigenvalue weighted by Gasteiger charge is -2.05. The van der Waals surface area contributed by atoms with Gasteiger partial charge in [0.05, 0.1) is 6.61 Å². The van der Waals surface area contributed by atoms with Crippen LogP contribution in [0.4, 0.5) is 0 Å². The molecule has 0 spiro atoms. The number of ether oxygens (including phenoxy) is 1. The summed E-state index contributed by atoms with van der Waals surface area (Å²) in [6.45, 7) is 4.78. The van der Waals surface area contributed by atoms with Gasteiger partial charge < -0.3 is 10.5 Å². The molecule has 0 saturated carbocycles. The molecule has 1 aromatic carbocycles. The van der Waals surface area contributed by atoms with Gasteiger partial charge in [-0.2, -0.15) is 0 Å². The standard InChI is InChI=1S/C10H15NO/c1-3-12-10-6-4-9(5-7-10)8(2)11/h4-8H,3,11H2,1-2H3/p+1/t8-/m1/s1. The third-order valence-electron chi connectivity index (χ3n) is 1.76. The lowest BCUT2D eigenvalue weighted by molar-refractivity contribution is -0.420. The van der Waals surface area contributed by atoms with Gasteiger partial charge in [0.2, 0.25) is 0 Å². The fourth-order valence-electron chi connectivity index (χ4n) is 1.06. The summed E-state index contributed by atoms with van der Waals surface area (Å²) in [4.78, 5) is 0. The molecule has 1 atom stereocenters. The maximum Gasteiger partial charge on any atom is 0.119 e. The van der Waals surface area contributed by atoms with Gasteiger partial charge in [-0.3, -0.25) is 0 Å². The van der Waals surface area contributed by atoms with Crippen LogP contribution in [-0.4, -0.2) is 6.61 Å². The van der Waals surface area contributed by atoms with Crippen molar-refractivity contribution < 1.29 is 10.5 Å². The first kappa shape index (κ1) is 9.07. The molecule has 0 radical (unpaired) electrons. The van der Waals surface area contributed by atoms with Crippen molar-refractivity contribution in [2.75, 3.05) is 6.61 Å². The minimum Gasteiger partial charge on any atom is -0.494 e. The lowest BCUT2D eigenvalue weighted by Crippen LogP contribution is -2.51. The minimum absolute atomic E-state index is 0.348. The molecule has 0 aliphatic carbocycles. The smallest absolute Gasteiger partial charge is 0.119 e. The maximum atomic E-state index is 5.32.